The van der Waals surface area contributed by atoms with Crippen LogP contribution in [0.4, 0.5) is 0 Å². The van der Waals surface area contributed by atoms with Crippen molar-refractivity contribution in [1.82, 2.24) is 35.1 Å². The number of aromatic nitrogens is 6. The van der Waals surface area contributed by atoms with Crippen LogP contribution in [0.25, 0.3) is 16.7 Å². The summed E-state index contributed by atoms with van der Waals surface area (Å²) in [4.78, 5) is 16.7. The molecule has 1 N–H and O–H groups in total. The number of tetrazole rings is 1. The smallest absolute Gasteiger partial charge is 0.251 e. The summed E-state index contributed by atoms with van der Waals surface area (Å²) in [5, 5.41) is 15.1. The van der Waals surface area contributed by atoms with Crippen molar-refractivity contribution < 1.29 is 4.79 Å². The number of aryl methyl sites for hydroxylation is 1. The number of fused-ring (bicyclic) bond motifs is 1. The highest BCUT2D eigenvalue weighted by atomic mass is 16.1. The second-order valence-corrected chi connectivity index (χ2v) is 5.84. The number of pyridine rings is 1. The van der Waals surface area contributed by atoms with Gasteiger partial charge in [0.05, 0.1) is 5.69 Å². The molecule has 8 nitrogen and oxygen atoms in total. The number of benzene rings is 1. The standard InChI is InChI=1S/C18H17N7O/c26-18(15-4-1-6-16(12-15)25-13-21-22-23-25)20-9-3-10-24-11-7-14-5-2-8-19-17(14)24/h1-2,4-8,11-13H,3,9-10H2,(H,20,26). The fourth-order valence-electron chi connectivity index (χ4n) is 2.82. The lowest BCUT2D eigenvalue weighted by Gasteiger charge is -2.08. The molecule has 1 amide bonds. The zero-order valence-electron chi connectivity index (χ0n) is 14.0. The second-order valence-electron chi connectivity index (χ2n) is 5.84. The summed E-state index contributed by atoms with van der Waals surface area (Å²) in [6.07, 6.45) is 6.12. The first kappa shape index (κ1) is 15.9. The van der Waals surface area contributed by atoms with Gasteiger partial charge >= 0.3 is 0 Å². The molecule has 0 fully saturated rings. The van der Waals surface area contributed by atoms with Gasteiger partial charge in [-0.15, -0.1) is 5.10 Å². The van der Waals surface area contributed by atoms with Crippen molar-refractivity contribution in [3.8, 4) is 5.69 Å². The highest BCUT2D eigenvalue weighted by Crippen LogP contribution is 2.12. The molecule has 0 atom stereocenters. The van der Waals surface area contributed by atoms with Gasteiger partial charge in [-0.3, -0.25) is 4.79 Å². The van der Waals surface area contributed by atoms with Gasteiger partial charge in [-0.05, 0) is 53.2 Å². The van der Waals surface area contributed by atoms with Crippen molar-refractivity contribution in [3.05, 3.63) is 66.7 Å². The van der Waals surface area contributed by atoms with Crippen LogP contribution in [0, 0.1) is 0 Å². The number of hydrogen-bond donors (Lipinski definition) is 1. The maximum Gasteiger partial charge on any atom is 0.251 e. The van der Waals surface area contributed by atoms with Crippen molar-refractivity contribution in [1.29, 1.82) is 0 Å². The molecule has 8 heteroatoms. The quantitative estimate of drug-likeness (QED) is 0.537. The molecular weight excluding hydrogens is 330 g/mol. The normalized spacial score (nSPS) is 10.9. The van der Waals surface area contributed by atoms with Crippen LogP contribution in [-0.4, -0.2) is 42.2 Å². The summed E-state index contributed by atoms with van der Waals surface area (Å²) in [5.74, 6) is -0.115. The number of nitrogens with one attached hydrogen (secondary N) is 1. The zero-order chi connectivity index (χ0) is 17.8. The molecule has 26 heavy (non-hydrogen) atoms. The average molecular weight is 347 g/mol. The predicted molar refractivity (Wildman–Crippen MR) is 95.8 cm³/mol. The van der Waals surface area contributed by atoms with E-state index in [1.54, 1.807) is 18.3 Å². The van der Waals surface area contributed by atoms with E-state index in [-0.39, 0.29) is 5.91 Å². The third-order valence-electron chi connectivity index (χ3n) is 4.11. The van der Waals surface area contributed by atoms with E-state index in [4.69, 9.17) is 0 Å². The predicted octanol–water partition coefficient (Wildman–Crippen LogP) is 1.83. The maximum atomic E-state index is 12.3. The van der Waals surface area contributed by atoms with Crippen LogP contribution in [-0.2, 0) is 6.54 Å². The Labute approximate surface area is 149 Å². The molecule has 0 bridgehead atoms. The first-order chi connectivity index (χ1) is 12.8. The number of nitrogens with zero attached hydrogens (tertiary/aromatic N) is 6. The Kier molecular flexibility index (Phi) is 4.38. The van der Waals surface area contributed by atoms with Crippen molar-refractivity contribution in [2.24, 2.45) is 0 Å². The molecular formula is C18H17N7O. The summed E-state index contributed by atoms with van der Waals surface area (Å²) in [5.41, 5.74) is 2.28. The third kappa shape index (κ3) is 3.30. The Morgan fingerprint density at radius 2 is 2.12 bits per heavy atom. The topological polar surface area (TPSA) is 90.5 Å². The van der Waals surface area contributed by atoms with Crippen LogP contribution in [0.3, 0.4) is 0 Å². The van der Waals surface area contributed by atoms with E-state index < -0.39 is 0 Å². The number of rotatable bonds is 6. The molecule has 0 aliphatic rings. The van der Waals surface area contributed by atoms with Crippen LogP contribution >= 0.6 is 0 Å². The molecule has 3 heterocycles. The number of amides is 1. The van der Waals surface area contributed by atoms with E-state index in [9.17, 15) is 4.79 Å². The zero-order valence-corrected chi connectivity index (χ0v) is 14.0. The Morgan fingerprint density at radius 1 is 1.15 bits per heavy atom. The molecule has 0 aliphatic carbocycles. The molecule has 0 unspecified atom stereocenters. The molecule has 0 radical (unpaired) electrons. The van der Waals surface area contributed by atoms with E-state index in [0.29, 0.717) is 12.1 Å². The third-order valence-corrected chi connectivity index (χ3v) is 4.11. The fraction of sp³-hybridized carbons (Fsp3) is 0.167. The summed E-state index contributed by atoms with van der Waals surface area (Å²) >= 11 is 0. The molecule has 0 saturated carbocycles. The van der Waals surface area contributed by atoms with Crippen molar-refractivity contribution >= 4 is 16.9 Å². The molecule has 0 spiro atoms. The summed E-state index contributed by atoms with van der Waals surface area (Å²) in [7, 11) is 0. The Balaban J connectivity index is 1.34. The van der Waals surface area contributed by atoms with Gasteiger partial charge < -0.3 is 9.88 Å². The lowest BCUT2D eigenvalue weighted by molar-refractivity contribution is 0.0952. The lowest BCUT2D eigenvalue weighted by atomic mass is 10.2. The molecule has 4 rings (SSSR count). The van der Waals surface area contributed by atoms with Gasteiger partial charge in [-0.2, -0.15) is 0 Å². The molecule has 130 valence electrons. The summed E-state index contributed by atoms with van der Waals surface area (Å²) in [6.45, 7) is 1.38. The van der Waals surface area contributed by atoms with E-state index in [1.807, 2.05) is 36.5 Å². The highest BCUT2D eigenvalue weighted by Gasteiger charge is 2.07. The number of carbonyl (C=O) groups excluding carboxylic acids is 1. The van der Waals surface area contributed by atoms with E-state index >= 15 is 0 Å². The van der Waals surface area contributed by atoms with Gasteiger partial charge in [0, 0.05) is 36.4 Å². The van der Waals surface area contributed by atoms with Gasteiger partial charge in [0.25, 0.3) is 5.91 Å². The molecule has 4 aromatic rings. The van der Waals surface area contributed by atoms with Gasteiger partial charge in [0.1, 0.15) is 12.0 Å². The van der Waals surface area contributed by atoms with E-state index in [2.05, 4.69) is 30.4 Å². The van der Waals surface area contributed by atoms with Crippen molar-refractivity contribution in [3.63, 3.8) is 0 Å². The number of hydrogen-bond acceptors (Lipinski definition) is 5. The second kappa shape index (κ2) is 7.14. The minimum atomic E-state index is -0.115. The first-order valence-corrected chi connectivity index (χ1v) is 8.33. The monoisotopic (exact) mass is 347 g/mol. The SMILES string of the molecule is O=C(NCCCn1ccc2cccnc21)c1cccc(-n2cnnn2)c1. The van der Waals surface area contributed by atoms with Crippen LogP contribution < -0.4 is 5.32 Å². The summed E-state index contributed by atoms with van der Waals surface area (Å²) < 4.78 is 3.61. The molecule has 1 aromatic carbocycles. The highest BCUT2D eigenvalue weighted by molar-refractivity contribution is 5.94. The van der Waals surface area contributed by atoms with Crippen molar-refractivity contribution in [2.45, 2.75) is 13.0 Å². The fourth-order valence-corrected chi connectivity index (χ4v) is 2.82. The van der Waals surface area contributed by atoms with Gasteiger partial charge in [0.15, 0.2) is 0 Å². The lowest BCUT2D eigenvalue weighted by Crippen LogP contribution is -2.25. The molecule has 3 aromatic heterocycles. The van der Waals surface area contributed by atoms with Crippen LogP contribution in [0.15, 0.2) is 61.2 Å². The Bertz CT molecular complexity index is 1020. The van der Waals surface area contributed by atoms with Crippen LogP contribution in [0.1, 0.15) is 16.8 Å². The molecule has 0 saturated heterocycles. The Hall–Kier alpha value is -3.55. The van der Waals surface area contributed by atoms with E-state index in [0.717, 1.165) is 29.7 Å². The number of carbonyl (C=O) groups is 1. The largest absolute Gasteiger partial charge is 0.352 e. The van der Waals surface area contributed by atoms with Crippen LogP contribution in [0.5, 0.6) is 0 Å². The Morgan fingerprint density at radius 3 is 3.00 bits per heavy atom. The van der Waals surface area contributed by atoms with Gasteiger partial charge in [-0.1, -0.05) is 6.07 Å². The van der Waals surface area contributed by atoms with Gasteiger partial charge in [-0.25, -0.2) is 9.67 Å². The minimum absolute atomic E-state index is 0.115. The first-order valence-electron chi connectivity index (χ1n) is 8.33. The molecule has 0 aliphatic heterocycles. The minimum Gasteiger partial charge on any atom is -0.352 e. The van der Waals surface area contributed by atoms with Crippen molar-refractivity contribution in [2.75, 3.05) is 6.54 Å². The average Bonchev–Trinajstić information content (AvgIpc) is 3.35. The van der Waals surface area contributed by atoms with Gasteiger partial charge in [0.2, 0.25) is 0 Å². The maximum absolute atomic E-state index is 12.3. The van der Waals surface area contributed by atoms with Crippen LogP contribution in [0.2, 0.25) is 0 Å². The van der Waals surface area contributed by atoms with E-state index in [1.165, 1.54) is 11.0 Å². The summed E-state index contributed by atoms with van der Waals surface area (Å²) in [6, 6.07) is 13.2.